The van der Waals surface area contributed by atoms with Crippen molar-refractivity contribution in [1.82, 2.24) is 0 Å². The molecular weight excluding hydrogens is 238 g/mol. The standard InChI is InChI=1S/C8H18.O5P2/c1-7(2)5-6-8(3)4;1-6(2)5-7(3)4/h7-8H,5-6H2,1-4H3;/p+2. The summed E-state index contributed by atoms with van der Waals surface area (Å²) in [6.45, 7) is 9.12. The Hall–Kier alpha value is 0.0800. The van der Waals surface area contributed by atoms with E-state index >= 15 is 0 Å². The van der Waals surface area contributed by atoms with E-state index in [0.29, 0.717) is 0 Å². The molecule has 2 unspecified atom stereocenters. The molecule has 0 rings (SSSR count). The van der Waals surface area contributed by atoms with Gasteiger partial charge >= 0.3 is 16.5 Å². The summed E-state index contributed by atoms with van der Waals surface area (Å²) in [5, 5.41) is 0. The maximum absolute atomic E-state index is 9.39. The van der Waals surface area contributed by atoms with E-state index in [-0.39, 0.29) is 0 Å². The molecule has 0 radical (unpaired) electrons. The van der Waals surface area contributed by atoms with Crippen molar-refractivity contribution in [2.75, 3.05) is 0 Å². The van der Waals surface area contributed by atoms with Gasteiger partial charge in [0.2, 0.25) is 0 Å². The van der Waals surface area contributed by atoms with Gasteiger partial charge in [-0.1, -0.05) is 40.5 Å². The molecule has 2 atom stereocenters. The molecule has 2 N–H and O–H groups in total. The lowest BCUT2D eigenvalue weighted by molar-refractivity contribution is 0.371. The molecule has 0 amide bonds. The van der Waals surface area contributed by atoms with Gasteiger partial charge in [0, 0.05) is 9.13 Å². The van der Waals surface area contributed by atoms with E-state index in [1.54, 1.807) is 0 Å². The quantitative estimate of drug-likeness (QED) is 0.738. The molecule has 90 valence electrons. The number of hydrogen-bond donors (Lipinski definition) is 2. The van der Waals surface area contributed by atoms with Crippen molar-refractivity contribution in [3.05, 3.63) is 0 Å². The van der Waals surface area contributed by atoms with E-state index in [4.69, 9.17) is 9.79 Å². The second-order valence-electron chi connectivity index (χ2n) is 3.92. The van der Waals surface area contributed by atoms with Gasteiger partial charge in [0.15, 0.2) is 4.31 Å². The van der Waals surface area contributed by atoms with Crippen LogP contribution in [0, 0.1) is 11.8 Å². The summed E-state index contributed by atoms with van der Waals surface area (Å²) in [5.74, 6) is 1.77. The maximum Gasteiger partial charge on any atom is 0.745 e. The molecule has 0 saturated carbocycles. The van der Waals surface area contributed by atoms with Crippen molar-refractivity contribution in [3.8, 4) is 0 Å². The lowest BCUT2D eigenvalue weighted by Gasteiger charge is -2.05. The number of hydrogen-bond acceptors (Lipinski definition) is 3. The van der Waals surface area contributed by atoms with E-state index < -0.39 is 16.5 Å². The van der Waals surface area contributed by atoms with Gasteiger partial charge in [-0.3, -0.25) is 0 Å². The van der Waals surface area contributed by atoms with Gasteiger partial charge < -0.3 is 0 Å². The molecule has 15 heavy (non-hydrogen) atoms. The molecule has 0 spiro atoms. The third-order valence-electron chi connectivity index (χ3n) is 1.46. The van der Waals surface area contributed by atoms with E-state index in [1.807, 2.05) is 0 Å². The highest BCUT2D eigenvalue weighted by Crippen LogP contribution is 2.30. The topological polar surface area (TPSA) is 83.8 Å². The zero-order valence-corrected chi connectivity index (χ0v) is 11.4. The Kier molecular flexibility index (Phi) is 12.3. The van der Waals surface area contributed by atoms with E-state index in [9.17, 15) is 9.13 Å². The van der Waals surface area contributed by atoms with Crippen molar-refractivity contribution in [2.24, 2.45) is 11.8 Å². The molecule has 5 nitrogen and oxygen atoms in total. The predicted octanol–water partition coefficient (Wildman–Crippen LogP) is 3.38. The highest BCUT2D eigenvalue weighted by atomic mass is 31.2. The summed E-state index contributed by atoms with van der Waals surface area (Å²) in [7, 11) is -5.85. The molecule has 0 saturated heterocycles. The minimum Gasteiger partial charge on any atom is -0.131 e. The first-order chi connectivity index (χ1) is 6.75. The largest absolute Gasteiger partial charge is 0.745 e. The third-order valence-corrected chi connectivity index (χ3v) is 2.58. The first-order valence-electron chi connectivity index (χ1n) is 4.76. The Bertz CT molecular complexity index is 173. The van der Waals surface area contributed by atoms with Crippen LogP contribution in [0.3, 0.4) is 0 Å². The minimum absolute atomic E-state index is 0.886. The second-order valence-corrected chi connectivity index (χ2v) is 5.53. The molecule has 7 heteroatoms. The molecule has 0 aromatic heterocycles. The molecule has 0 aliphatic rings. The fraction of sp³-hybridized carbons (Fsp3) is 1.00. The molecule has 0 heterocycles. The van der Waals surface area contributed by atoms with Crippen molar-refractivity contribution < 1.29 is 23.2 Å². The van der Waals surface area contributed by atoms with E-state index in [2.05, 4.69) is 32.0 Å². The van der Waals surface area contributed by atoms with Crippen LogP contribution >= 0.6 is 16.5 Å². The average Bonchev–Trinajstić information content (AvgIpc) is 1.99. The molecule has 0 bridgehead atoms. The first-order valence-corrected chi connectivity index (χ1v) is 7.02. The molecule has 0 aliphatic carbocycles. The summed E-state index contributed by atoms with van der Waals surface area (Å²) >= 11 is 0. The highest BCUT2D eigenvalue weighted by Gasteiger charge is 2.31. The summed E-state index contributed by atoms with van der Waals surface area (Å²) in [4.78, 5) is 15.3. The normalized spacial score (nSPS) is 12.3. The second kappa shape index (κ2) is 10.6. The zero-order chi connectivity index (χ0) is 12.4. The van der Waals surface area contributed by atoms with Crippen LogP contribution in [-0.2, 0) is 13.4 Å². The Morgan fingerprint density at radius 2 is 1.20 bits per heavy atom. The van der Waals surface area contributed by atoms with E-state index in [1.165, 1.54) is 12.8 Å². The zero-order valence-electron chi connectivity index (χ0n) is 9.58. The smallest absolute Gasteiger partial charge is 0.131 e. The van der Waals surface area contributed by atoms with Crippen LogP contribution in [0.4, 0.5) is 0 Å². The number of rotatable bonds is 5. The molecule has 0 aromatic rings. The maximum atomic E-state index is 9.39. The van der Waals surface area contributed by atoms with Crippen LogP contribution in [0.2, 0.25) is 0 Å². The summed E-state index contributed by atoms with van der Waals surface area (Å²) < 4.78 is 22.2. The third kappa shape index (κ3) is 24.9. The van der Waals surface area contributed by atoms with Gasteiger partial charge in [0.25, 0.3) is 0 Å². The molecule has 0 aromatic carbocycles. The monoisotopic (exact) mass is 258 g/mol. The average molecular weight is 258 g/mol. The lowest BCUT2D eigenvalue weighted by atomic mass is 10.0. The summed E-state index contributed by atoms with van der Waals surface area (Å²) in [6.07, 6.45) is 2.77. The fourth-order valence-electron chi connectivity index (χ4n) is 0.726. The minimum atomic E-state index is -2.92. The molecule has 0 aliphatic heterocycles. The lowest BCUT2D eigenvalue weighted by Crippen LogP contribution is -1.91. The highest BCUT2D eigenvalue weighted by molar-refractivity contribution is 7.46. The van der Waals surface area contributed by atoms with Crippen molar-refractivity contribution in [3.63, 3.8) is 0 Å². The van der Waals surface area contributed by atoms with Gasteiger partial charge in [-0.15, -0.1) is 9.79 Å². The molecular formula is C8H20O5P2+2. The van der Waals surface area contributed by atoms with Crippen LogP contribution in [0.5, 0.6) is 0 Å². The van der Waals surface area contributed by atoms with Crippen LogP contribution in [-0.4, -0.2) is 9.79 Å². The van der Waals surface area contributed by atoms with Crippen LogP contribution in [0.25, 0.3) is 0 Å². The summed E-state index contributed by atoms with van der Waals surface area (Å²) in [5.41, 5.74) is 0. The van der Waals surface area contributed by atoms with Crippen LogP contribution < -0.4 is 0 Å². The Morgan fingerprint density at radius 1 is 0.933 bits per heavy atom. The summed E-state index contributed by atoms with van der Waals surface area (Å²) in [6, 6.07) is 0. The van der Waals surface area contributed by atoms with Gasteiger partial charge in [-0.05, 0) is 11.8 Å². The Morgan fingerprint density at radius 3 is 1.27 bits per heavy atom. The van der Waals surface area contributed by atoms with Crippen LogP contribution in [0.1, 0.15) is 40.5 Å². The van der Waals surface area contributed by atoms with Gasteiger partial charge in [-0.2, -0.15) is 0 Å². The van der Waals surface area contributed by atoms with E-state index in [0.717, 1.165) is 11.8 Å². The van der Waals surface area contributed by atoms with Gasteiger partial charge in [0.05, 0.1) is 0 Å². The fourth-order valence-corrected chi connectivity index (χ4v) is 1.20. The van der Waals surface area contributed by atoms with Crippen molar-refractivity contribution in [2.45, 2.75) is 40.5 Å². The Balaban J connectivity index is 0. The van der Waals surface area contributed by atoms with Crippen LogP contribution in [0.15, 0.2) is 0 Å². The van der Waals surface area contributed by atoms with Crippen molar-refractivity contribution in [1.29, 1.82) is 0 Å². The van der Waals surface area contributed by atoms with Gasteiger partial charge in [-0.25, -0.2) is 0 Å². The first kappa shape index (κ1) is 17.5. The Labute approximate surface area is 92.8 Å². The molecule has 0 fully saturated rings. The SMILES string of the molecule is CC(C)CCC(C)C.O=[P+](O)O[P+](=O)O. The van der Waals surface area contributed by atoms with Gasteiger partial charge in [0.1, 0.15) is 0 Å². The predicted molar refractivity (Wildman–Crippen MR) is 59.6 cm³/mol. The van der Waals surface area contributed by atoms with Crippen molar-refractivity contribution >= 4 is 16.5 Å².